The maximum atomic E-state index is 12.8. The van der Waals surface area contributed by atoms with Crippen LogP contribution in [0.4, 0.5) is 5.69 Å². The van der Waals surface area contributed by atoms with Crippen molar-refractivity contribution in [1.82, 2.24) is 4.31 Å². The Kier molecular flexibility index (Phi) is 4.76. The van der Waals surface area contributed by atoms with Crippen LogP contribution in [-0.4, -0.2) is 25.8 Å². The van der Waals surface area contributed by atoms with Crippen LogP contribution in [0.25, 0.3) is 0 Å². The van der Waals surface area contributed by atoms with Gasteiger partial charge in [-0.3, -0.25) is 0 Å². The normalized spacial score (nSPS) is 16.4. The van der Waals surface area contributed by atoms with Crippen LogP contribution in [0.1, 0.15) is 31.7 Å². The Morgan fingerprint density at radius 3 is 2.55 bits per heavy atom. The molecule has 6 heteroatoms. The van der Waals surface area contributed by atoms with Gasteiger partial charge in [-0.1, -0.05) is 29.3 Å². The SMILES string of the molecule is CCN(CC1CCC1)S(=O)(=O)c1cc(Br)cc(N)c1C. The lowest BCUT2D eigenvalue weighted by atomic mass is 9.85. The molecule has 0 saturated heterocycles. The maximum Gasteiger partial charge on any atom is 0.243 e. The molecule has 1 fully saturated rings. The second-order valence-electron chi connectivity index (χ2n) is 5.37. The van der Waals surface area contributed by atoms with Gasteiger partial charge in [0.1, 0.15) is 0 Å². The molecule has 0 bridgehead atoms. The highest BCUT2D eigenvalue weighted by molar-refractivity contribution is 9.10. The summed E-state index contributed by atoms with van der Waals surface area (Å²) >= 11 is 3.32. The lowest BCUT2D eigenvalue weighted by Gasteiger charge is -2.31. The van der Waals surface area contributed by atoms with Gasteiger partial charge in [0.05, 0.1) is 4.90 Å². The zero-order valence-electron chi connectivity index (χ0n) is 11.9. The molecular formula is C14H21BrN2O2S. The number of rotatable bonds is 5. The standard InChI is InChI=1S/C14H21BrN2O2S/c1-3-17(9-11-5-4-6-11)20(18,19)14-8-12(15)7-13(16)10(14)2/h7-8,11H,3-6,9,16H2,1-2H3. The molecule has 112 valence electrons. The van der Waals surface area contributed by atoms with Crippen molar-refractivity contribution in [3.8, 4) is 0 Å². The van der Waals surface area contributed by atoms with Gasteiger partial charge in [0.2, 0.25) is 10.0 Å². The molecular weight excluding hydrogens is 340 g/mol. The molecule has 0 spiro atoms. The number of hydrogen-bond donors (Lipinski definition) is 1. The molecule has 0 atom stereocenters. The summed E-state index contributed by atoms with van der Waals surface area (Å²) in [5.41, 5.74) is 7.01. The average molecular weight is 361 g/mol. The smallest absolute Gasteiger partial charge is 0.243 e. The first-order valence-electron chi connectivity index (χ1n) is 6.92. The van der Waals surface area contributed by atoms with Crippen LogP contribution in [-0.2, 0) is 10.0 Å². The highest BCUT2D eigenvalue weighted by atomic mass is 79.9. The van der Waals surface area contributed by atoms with E-state index in [-0.39, 0.29) is 0 Å². The number of benzene rings is 1. The van der Waals surface area contributed by atoms with Crippen molar-refractivity contribution in [3.63, 3.8) is 0 Å². The summed E-state index contributed by atoms with van der Waals surface area (Å²) in [5, 5.41) is 0. The first-order valence-corrected chi connectivity index (χ1v) is 9.15. The zero-order valence-corrected chi connectivity index (χ0v) is 14.3. The van der Waals surface area contributed by atoms with Crippen molar-refractivity contribution in [1.29, 1.82) is 0 Å². The maximum absolute atomic E-state index is 12.8. The second kappa shape index (κ2) is 6.03. The lowest BCUT2D eigenvalue weighted by Crippen LogP contribution is -2.37. The minimum absolute atomic E-state index is 0.311. The summed E-state index contributed by atoms with van der Waals surface area (Å²) in [6, 6.07) is 3.38. The largest absolute Gasteiger partial charge is 0.398 e. The summed E-state index contributed by atoms with van der Waals surface area (Å²) < 4.78 is 27.9. The van der Waals surface area contributed by atoms with Crippen LogP contribution in [0.2, 0.25) is 0 Å². The predicted octanol–water partition coefficient (Wildman–Crippen LogP) is 3.15. The van der Waals surface area contributed by atoms with Crippen LogP contribution in [0.3, 0.4) is 0 Å². The van der Waals surface area contributed by atoms with Crippen LogP contribution in [0, 0.1) is 12.8 Å². The van der Waals surface area contributed by atoms with E-state index >= 15 is 0 Å². The number of hydrogen-bond acceptors (Lipinski definition) is 3. The topological polar surface area (TPSA) is 63.4 Å². The van der Waals surface area contributed by atoms with Gasteiger partial charge in [0.15, 0.2) is 0 Å². The molecule has 1 aliphatic carbocycles. The van der Waals surface area contributed by atoms with Crippen molar-refractivity contribution in [2.75, 3.05) is 18.8 Å². The molecule has 0 amide bonds. The Morgan fingerprint density at radius 1 is 1.40 bits per heavy atom. The monoisotopic (exact) mass is 360 g/mol. The third-order valence-electron chi connectivity index (χ3n) is 4.02. The third kappa shape index (κ3) is 3.02. The average Bonchev–Trinajstić information content (AvgIpc) is 2.32. The van der Waals surface area contributed by atoms with Crippen molar-refractivity contribution >= 4 is 31.6 Å². The molecule has 0 heterocycles. The molecule has 1 aliphatic rings. The van der Waals surface area contributed by atoms with E-state index in [1.54, 1.807) is 23.4 Å². The fourth-order valence-corrected chi connectivity index (χ4v) is 4.87. The quantitative estimate of drug-likeness (QED) is 0.820. The van der Waals surface area contributed by atoms with Gasteiger partial charge >= 0.3 is 0 Å². The number of nitrogens with zero attached hydrogens (tertiary/aromatic N) is 1. The molecule has 2 N–H and O–H groups in total. The number of nitrogen functional groups attached to an aromatic ring is 1. The zero-order chi connectivity index (χ0) is 14.9. The van der Waals surface area contributed by atoms with Gasteiger partial charge < -0.3 is 5.73 Å². The van der Waals surface area contributed by atoms with E-state index in [2.05, 4.69) is 15.9 Å². The van der Waals surface area contributed by atoms with Crippen LogP contribution < -0.4 is 5.73 Å². The minimum atomic E-state index is -3.47. The first-order chi connectivity index (χ1) is 9.36. The molecule has 0 radical (unpaired) electrons. The van der Waals surface area contributed by atoms with Gasteiger partial charge in [0.25, 0.3) is 0 Å². The Labute approximate surface area is 129 Å². The van der Waals surface area contributed by atoms with Gasteiger partial charge in [-0.05, 0) is 43.4 Å². The summed E-state index contributed by atoms with van der Waals surface area (Å²) in [7, 11) is -3.47. The Morgan fingerprint density at radius 2 is 2.05 bits per heavy atom. The first kappa shape index (κ1) is 15.8. The summed E-state index contributed by atoms with van der Waals surface area (Å²) in [5.74, 6) is 0.509. The Balaban J connectivity index is 2.37. The van der Waals surface area contributed by atoms with E-state index in [1.165, 1.54) is 6.42 Å². The van der Waals surface area contributed by atoms with Crippen molar-refractivity contribution < 1.29 is 8.42 Å². The molecule has 1 aromatic carbocycles. The number of anilines is 1. The van der Waals surface area contributed by atoms with Gasteiger partial charge in [-0.25, -0.2) is 8.42 Å². The van der Waals surface area contributed by atoms with Crippen LogP contribution in [0.5, 0.6) is 0 Å². The number of nitrogens with two attached hydrogens (primary N) is 1. The number of sulfonamides is 1. The van der Waals surface area contributed by atoms with E-state index in [4.69, 9.17) is 5.73 Å². The van der Waals surface area contributed by atoms with Crippen LogP contribution >= 0.6 is 15.9 Å². The fourth-order valence-electron chi connectivity index (χ4n) is 2.44. The fraction of sp³-hybridized carbons (Fsp3) is 0.571. The molecule has 0 aliphatic heterocycles. The molecule has 1 saturated carbocycles. The number of halogens is 1. The van der Waals surface area contributed by atoms with Gasteiger partial charge in [-0.2, -0.15) is 4.31 Å². The van der Waals surface area contributed by atoms with Gasteiger partial charge in [0, 0.05) is 23.2 Å². The Bertz CT molecular complexity index is 597. The summed E-state index contributed by atoms with van der Waals surface area (Å²) in [6.45, 7) is 4.74. The molecule has 0 unspecified atom stereocenters. The van der Waals surface area contributed by atoms with Crippen molar-refractivity contribution in [2.45, 2.75) is 38.0 Å². The lowest BCUT2D eigenvalue weighted by molar-refractivity contribution is 0.250. The third-order valence-corrected chi connectivity index (χ3v) is 6.55. The van der Waals surface area contributed by atoms with Crippen LogP contribution in [0.15, 0.2) is 21.5 Å². The van der Waals surface area contributed by atoms with Gasteiger partial charge in [-0.15, -0.1) is 0 Å². The van der Waals surface area contributed by atoms with E-state index < -0.39 is 10.0 Å². The highest BCUT2D eigenvalue weighted by Crippen LogP contribution is 2.32. The Hall–Kier alpha value is -0.590. The molecule has 1 aromatic rings. The minimum Gasteiger partial charge on any atom is -0.398 e. The van der Waals surface area contributed by atoms with E-state index in [0.717, 1.165) is 12.8 Å². The summed E-state index contributed by atoms with van der Waals surface area (Å²) in [6.07, 6.45) is 3.47. The molecule has 20 heavy (non-hydrogen) atoms. The second-order valence-corrected chi connectivity index (χ2v) is 8.19. The van der Waals surface area contributed by atoms with E-state index in [1.807, 2.05) is 6.92 Å². The molecule has 0 aromatic heterocycles. The predicted molar refractivity (Wildman–Crippen MR) is 85.1 cm³/mol. The molecule has 2 rings (SSSR count). The summed E-state index contributed by atoms with van der Waals surface area (Å²) in [4.78, 5) is 0.311. The van der Waals surface area contributed by atoms with E-state index in [0.29, 0.717) is 39.6 Å². The highest BCUT2D eigenvalue weighted by Gasteiger charge is 2.30. The van der Waals surface area contributed by atoms with Crippen molar-refractivity contribution in [3.05, 3.63) is 22.2 Å². The molecule has 4 nitrogen and oxygen atoms in total. The van der Waals surface area contributed by atoms with E-state index in [9.17, 15) is 8.42 Å². The van der Waals surface area contributed by atoms with Crippen molar-refractivity contribution in [2.24, 2.45) is 5.92 Å².